The van der Waals surface area contributed by atoms with Crippen LogP contribution >= 0.6 is 11.6 Å². The van der Waals surface area contributed by atoms with Crippen molar-refractivity contribution in [2.75, 3.05) is 19.4 Å². The normalized spacial score (nSPS) is 16.4. The van der Waals surface area contributed by atoms with Crippen molar-refractivity contribution >= 4 is 29.3 Å². The van der Waals surface area contributed by atoms with E-state index in [1.54, 1.807) is 17.2 Å². The molecule has 9 heteroatoms. The van der Waals surface area contributed by atoms with Gasteiger partial charge in [-0.2, -0.15) is 0 Å². The Morgan fingerprint density at radius 1 is 1.20 bits per heavy atom. The molecular formula is C26H30ClN5O3. The van der Waals surface area contributed by atoms with Gasteiger partial charge < -0.3 is 25.7 Å². The van der Waals surface area contributed by atoms with Crippen molar-refractivity contribution in [2.24, 2.45) is 5.92 Å². The highest BCUT2D eigenvalue weighted by Crippen LogP contribution is 2.34. The van der Waals surface area contributed by atoms with Crippen molar-refractivity contribution in [1.82, 2.24) is 20.2 Å². The number of nitrogens with one attached hydrogen (secondary N) is 2. The predicted octanol–water partition coefficient (Wildman–Crippen LogP) is 5.02. The first-order valence-corrected chi connectivity index (χ1v) is 12.0. The lowest BCUT2D eigenvalue weighted by atomic mass is 10.0. The van der Waals surface area contributed by atoms with Crippen molar-refractivity contribution in [3.05, 3.63) is 59.5 Å². The molecule has 8 nitrogen and oxygen atoms in total. The molecule has 2 unspecified atom stereocenters. The third-order valence-electron chi connectivity index (χ3n) is 6.34. The van der Waals surface area contributed by atoms with E-state index in [1.807, 2.05) is 50.2 Å². The van der Waals surface area contributed by atoms with Gasteiger partial charge in [0.1, 0.15) is 11.9 Å². The number of nitrogens with two attached hydrogens (primary N) is 1. The lowest BCUT2D eigenvalue weighted by Crippen LogP contribution is -2.51. The molecule has 1 fully saturated rings. The summed E-state index contributed by atoms with van der Waals surface area (Å²) < 4.78 is 4.70. The van der Waals surface area contributed by atoms with Crippen LogP contribution in [0.5, 0.6) is 0 Å². The number of halogens is 1. The predicted molar refractivity (Wildman–Crippen MR) is 137 cm³/mol. The molecule has 0 spiro atoms. The van der Waals surface area contributed by atoms with Gasteiger partial charge in [0.15, 0.2) is 0 Å². The highest BCUT2D eigenvalue weighted by molar-refractivity contribution is 6.33. The van der Waals surface area contributed by atoms with Crippen LogP contribution in [0.1, 0.15) is 38.6 Å². The largest absolute Gasteiger partial charge is 0.453 e. The quantitative estimate of drug-likeness (QED) is 0.415. The Labute approximate surface area is 209 Å². The number of alkyl carbamates (subject to hydrolysis) is 1. The van der Waals surface area contributed by atoms with Crippen LogP contribution < -0.4 is 11.1 Å². The smallest absolute Gasteiger partial charge is 0.407 e. The molecule has 2 aromatic carbocycles. The van der Waals surface area contributed by atoms with E-state index in [0.29, 0.717) is 17.3 Å². The topological polar surface area (TPSA) is 113 Å². The fourth-order valence-electron chi connectivity index (χ4n) is 4.44. The first kappa shape index (κ1) is 24.6. The van der Waals surface area contributed by atoms with Crippen LogP contribution in [0.4, 0.5) is 10.5 Å². The van der Waals surface area contributed by atoms with Crippen LogP contribution in [-0.4, -0.2) is 46.6 Å². The summed E-state index contributed by atoms with van der Waals surface area (Å²) in [5.74, 6) is 0.524. The van der Waals surface area contributed by atoms with Crippen molar-refractivity contribution in [3.63, 3.8) is 0 Å². The SMILES string of the molecule is COC(=O)NC(C(=O)N1CCCC1c1ncc(-c2ccc(-c3ccc(N)cc3Cl)cc2)[nH]1)C(C)C. The maximum Gasteiger partial charge on any atom is 0.407 e. The molecule has 2 amide bonds. The van der Waals surface area contributed by atoms with Gasteiger partial charge in [-0.15, -0.1) is 0 Å². The fourth-order valence-corrected chi connectivity index (χ4v) is 4.74. The number of nitrogens with zero attached hydrogens (tertiary/aromatic N) is 2. The number of imidazole rings is 1. The standard InChI is InChI=1S/C26H30ClN5O3/c1-15(2)23(31-26(34)35-3)25(33)32-12-4-5-22(32)24-29-14-21(30-24)17-8-6-16(7-9-17)19-11-10-18(28)13-20(19)27/h6-11,13-15,22-23H,4-5,12,28H2,1-3H3,(H,29,30)(H,31,34). The van der Waals surface area contributed by atoms with Gasteiger partial charge in [-0.3, -0.25) is 4.79 Å². The first-order valence-electron chi connectivity index (χ1n) is 11.6. The monoisotopic (exact) mass is 495 g/mol. The fraction of sp³-hybridized carbons (Fsp3) is 0.346. The number of benzene rings is 2. The number of carbonyl (C=O) groups is 2. The van der Waals surface area contributed by atoms with E-state index in [9.17, 15) is 9.59 Å². The number of nitrogen functional groups attached to an aromatic ring is 1. The molecule has 4 N–H and O–H groups in total. The Balaban J connectivity index is 1.52. The van der Waals surface area contributed by atoms with E-state index in [4.69, 9.17) is 22.1 Å². The molecule has 3 aromatic rings. The average molecular weight is 496 g/mol. The maximum absolute atomic E-state index is 13.3. The zero-order valence-corrected chi connectivity index (χ0v) is 20.8. The van der Waals surface area contributed by atoms with Crippen LogP contribution in [0.15, 0.2) is 48.7 Å². The molecule has 1 aliphatic rings. The number of aromatic nitrogens is 2. The molecule has 1 aliphatic heterocycles. The summed E-state index contributed by atoms with van der Waals surface area (Å²) in [6.45, 7) is 4.41. The summed E-state index contributed by atoms with van der Waals surface area (Å²) >= 11 is 6.36. The summed E-state index contributed by atoms with van der Waals surface area (Å²) in [6.07, 6.45) is 2.84. The maximum atomic E-state index is 13.3. The van der Waals surface area contributed by atoms with Crippen LogP contribution in [0.2, 0.25) is 5.02 Å². The van der Waals surface area contributed by atoms with Gasteiger partial charge in [0.25, 0.3) is 0 Å². The van der Waals surface area contributed by atoms with Crippen molar-refractivity contribution in [2.45, 2.75) is 38.8 Å². The van der Waals surface area contributed by atoms with Crippen molar-refractivity contribution < 1.29 is 14.3 Å². The Kier molecular flexibility index (Phi) is 7.31. The van der Waals surface area contributed by atoms with E-state index >= 15 is 0 Å². The second-order valence-corrected chi connectivity index (χ2v) is 9.45. The highest BCUT2D eigenvalue weighted by atomic mass is 35.5. The van der Waals surface area contributed by atoms with E-state index in [0.717, 1.165) is 41.1 Å². The number of likely N-dealkylation sites (tertiary alicyclic amines) is 1. The average Bonchev–Trinajstić information content (AvgIpc) is 3.52. The summed E-state index contributed by atoms with van der Waals surface area (Å²) in [7, 11) is 1.29. The lowest BCUT2D eigenvalue weighted by Gasteiger charge is -2.30. The molecule has 2 heterocycles. The van der Waals surface area contributed by atoms with E-state index < -0.39 is 12.1 Å². The summed E-state index contributed by atoms with van der Waals surface area (Å²) in [4.78, 5) is 34.9. The van der Waals surface area contributed by atoms with E-state index in [1.165, 1.54) is 7.11 Å². The molecule has 1 aromatic heterocycles. The minimum Gasteiger partial charge on any atom is -0.453 e. The third kappa shape index (κ3) is 5.27. The number of H-pyrrole nitrogens is 1. The molecular weight excluding hydrogens is 466 g/mol. The summed E-state index contributed by atoms with van der Waals surface area (Å²) in [5, 5.41) is 3.28. The number of amides is 2. The molecule has 0 radical (unpaired) electrons. The number of anilines is 1. The van der Waals surface area contributed by atoms with Crippen molar-refractivity contribution in [3.8, 4) is 22.4 Å². The Morgan fingerprint density at radius 3 is 2.57 bits per heavy atom. The zero-order chi connectivity index (χ0) is 25.1. The summed E-state index contributed by atoms with van der Waals surface area (Å²) in [6, 6.07) is 12.7. The highest BCUT2D eigenvalue weighted by Gasteiger charge is 2.37. The zero-order valence-electron chi connectivity index (χ0n) is 20.0. The Morgan fingerprint density at radius 2 is 1.91 bits per heavy atom. The van der Waals surface area contributed by atoms with Crippen LogP contribution in [0.25, 0.3) is 22.4 Å². The number of rotatable bonds is 6. The number of methoxy groups -OCH3 is 1. The minimum absolute atomic E-state index is 0.0805. The van der Waals surface area contributed by atoms with E-state index in [2.05, 4.69) is 15.3 Å². The number of hydrogen-bond acceptors (Lipinski definition) is 5. The molecule has 0 saturated carbocycles. The number of ether oxygens (including phenoxy) is 1. The number of hydrogen-bond donors (Lipinski definition) is 3. The lowest BCUT2D eigenvalue weighted by molar-refractivity contribution is -0.135. The number of carbonyl (C=O) groups excluding carboxylic acids is 2. The minimum atomic E-state index is -0.662. The molecule has 184 valence electrons. The molecule has 2 atom stereocenters. The molecule has 4 rings (SSSR count). The van der Waals surface area contributed by atoms with Gasteiger partial charge in [0.2, 0.25) is 5.91 Å². The Bertz CT molecular complexity index is 1210. The molecule has 1 saturated heterocycles. The molecule has 0 bridgehead atoms. The first-order chi connectivity index (χ1) is 16.8. The van der Waals surface area contributed by atoms with Crippen molar-refractivity contribution in [1.29, 1.82) is 0 Å². The van der Waals surface area contributed by atoms with Crippen LogP contribution in [0.3, 0.4) is 0 Å². The summed E-state index contributed by atoms with van der Waals surface area (Å²) in [5.41, 5.74) is 10.2. The molecule has 0 aliphatic carbocycles. The second-order valence-electron chi connectivity index (χ2n) is 9.05. The van der Waals surface area contributed by atoms with Gasteiger partial charge in [-0.1, -0.05) is 55.8 Å². The van der Waals surface area contributed by atoms with Gasteiger partial charge in [-0.25, -0.2) is 9.78 Å². The van der Waals surface area contributed by atoms with Crippen LogP contribution in [-0.2, 0) is 9.53 Å². The second kappa shape index (κ2) is 10.4. The van der Waals surface area contributed by atoms with Gasteiger partial charge in [-0.05, 0) is 42.0 Å². The van der Waals surface area contributed by atoms with Gasteiger partial charge >= 0.3 is 6.09 Å². The Hall–Kier alpha value is -3.52. The number of aromatic amines is 1. The van der Waals surface area contributed by atoms with E-state index in [-0.39, 0.29) is 17.9 Å². The third-order valence-corrected chi connectivity index (χ3v) is 6.65. The molecule has 35 heavy (non-hydrogen) atoms. The van der Waals surface area contributed by atoms with Crippen LogP contribution in [0, 0.1) is 5.92 Å². The van der Waals surface area contributed by atoms with Gasteiger partial charge in [0.05, 0.1) is 30.1 Å². The van der Waals surface area contributed by atoms with Gasteiger partial charge in [0, 0.05) is 17.8 Å².